The van der Waals surface area contributed by atoms with E-state index in [1.165, 1.54) is 12.3 Å². The molecule has 0 saturated heterocycles. The highest BCUT2D eigenvalue weighted by Gasteiger charge is 2.16. The van der Waals surface area contributed by atoms with Crippen LogP contribution < -0.4 is 0 Å². The van der Waals surface area contributed by atoms with Crippen LogP contribution in [-0.4, -0.2) is 14.5 Å². The van der Waals surface area contributed by atoms with Crippen LogP contribution in [0.5, 0.6) is 0 Å². The first-order valence-corrected chi connectivity index (χ1v) is 4.40. The average molecular weight is 227 g/mol. The van der Waals surface area contributed by atoms with Crippen LogP contribution in [0.1, 0.15) is 12.1 Å². The summed E-state index contributed by atoms with van der Waals surface area (Å²) in [7, 11) is 0. The summed E-state index contributed by atoms with van der Waals surface area (Å²) in [6.07, 6.45) is 2.20. The van der Waals surface area contributed by atoms with E-state index in [0.29, 0.717) is 15.5 Å². The maximum absolute atomic E-state index is 12.6. The quantitative estimate of drug-likeness (QED) is 0.585. The molecule has 0 aromatic carbocycles. The molecule has 2 heterocycles. The zero-order valence-electron chi connectivity index (χ0n) is 8.22. The molecule has 0 aliphatic heterocycles. The summed E-state index contributed by atoms with van der Waals surface area (Å²) >= 11 is 0. The van der Waals surface area contributed by atoms with Crippen molar-refractivity contribution in [3.8, 4) is 0 Å². The standard InChI is InChI=1S/C9H7F2N3O2/c1-5-4-13(9(10)11)8-7(5)2-6(3-12-8)14(15)16/h2-4,9H,1H3. The molecule has 16 heavy (non-hydrogen) atoms. The molecule has 2 aromatic heterocycles. The summed E-state index contributed by atoms with van der Waals surface area (Å²) < 4.78 is 25.8. The number of aromatic nitrogens is 2. The minimum Gasteiger partial charge on any atom is -0.275 e. The van der Waals surface area contributed by atoms with Crippen LogP contribution in [-0.2, 0) is 0 Å². The van der Waals surface area contributed by atoms with Crippen molar-refractivity contribution < 1.29 is 13.7 Å². The number of hydrogen-bond acceptors (Lipinski definition) is 3. The van der Waals surface area contributed by atoms with E-state index in [-0.39, 0.29) is 11.3 Å². The fourth-order valence-electron chi connectivity index (χ4n) is 1.53. The van der Waals surface area contributed by atoms with Crippen molar-refractivity contribution in [1.82, 2.24) is 9.55 Å². The molecule has 0 amide bonds. The predicted octanol–water partition coefficient (Wildman–Crippen LogP) is 2.65. The van der Waals surface area contributed by atoms with Crippen LogP contribution in [0, 0.1) is 17.0 Å². The van der Waals surface area contributed by atoms with E-state index in [0.717, 1.165) is 6.20 Å². The number of pyridine rings is 1. The van der Waals surface area contributed by atoms with Crippen molar-refractivity contribution in [2.45, 2.75) is 13.5 Å². The average Bonchev–Trinajstić information content (AvgIpc) is 2.56. The third-order valence-corrected chi connectivity index (χ3v) is 2.28. The lowest BCUT2D eigenvalue weighted by Crippen LogP contribution is -1.97. The SMILES string of the molecule is Cc1cn(C(F)F)c2ncc([N+](=O)[O-])cc12. The van der Waals surface area contributed by atoms with Gasteiger partial charge >= 0.3 is 6.55 Å². The Morgan fingerprint density at radius 3 is 2.81 bits per heavy atom. The van der Waals surface area contributed by atoms with Gasteiger partial charge in [-0.2, -0.15) is 8.78 Å². The van der Waals surface area contributed by atoms with Gasteiger partial charge in [-0.25, -0.2) is 4.98 Å². The van der Waals surface area contributed by atoms with Crippen LogP contribution in [0.4, 0.5) is 14.5 Å². The summed E-state index contributed by atoms with van der Waals surface area (Å²) in [5.41, 5.74) is 0.382. The largest absolute Gasteiger partial charge is 0.320 e. The molecule has 0 aliphatic carbocycles. The molecule has 0 radical (unpaired) electrons. The molecule has 84 valence electrons. The molecule has 5 nitrogen and oxygen atoms in total. The summed E-state index contributed by atoms with van der Waals surface area (Å²) in [5, 5.41) is 10.9. The third kappa shape index (κ3) is 1.50. The maximum Gasteiger partial charge on any atom is 0.320 e. The Kier molecular flexibility index (Phi) is 2.30. The Labute approximate surface area is 88.5 Å². The van der Waals surface area contributed by atoms with E-state index < -0.39 is 11.5 Å². The second-order valence-corrected chi connectivity index (χ2v) is 3.32. The molecular formula is C9H7F2N3O2. The van der Waals surface area contributed by atoms with Crippen LogP contribution in [0.2, 0.25) is 0 Å². The van der Waals surface area contributed by atoms with Gasteiger partial charge in [0.1, 0.15) is 11.8 Å². The lowest BCUT2D eigenvalue weighted by molar-refractivity contribution is -0.385. The fraction of sp³-hybridized carbons (Fsp3) is 0.222. The van der Waals surface area contributed by atoms with Crippen molar-refractivity contribution in [1.29, 1.82) is 0 Å². The van der Waals surface area contributed by atoms with Gasteiger partial charge in [-0.15, -0.1) is 0 Å². The molecule has 0 bridgehead atoms. The van der Waals surface area contributed by atoms with Gasteiger partial charge < -0.3 is 0 Å². The summed E-state index contributed by atoms with van der Waals surface area (Å²) in [6.45, 7) is -1.10. The van der Waals surface area contributed by atoms with Gasteiger partial charge in [0.15, 0.2) is 0 Å². The molecule has 0 N–H and O–H groups in total. The molecule has 0 aliphatic rings. The zero-order valence-corrected chi connectivity index (χ0v) is 8.22. The van der Waals surface area contributed by atoms with Gasteiger partial charge in [0, 0.05) is 17.6 Å². The van der Waals surface area contributed by atoms with E-state index in [4.69, 9.17) is 0 Å². The molecule has 2 rings (SSSR count). The van der Waals surface area contributed by atoms with E-state index in [1.807, 2.05) is 0 Å². The highest BCUT2D eigenvalue weighted by atomic mass is 19.3. The Hall–Kier alpha value is -2.05. The molecule has 0 saturated carbocycles. The number of hydrogen-bond donors (Lipinski definition) is 0. The van der Waals surface area contributed by atoms with Crippen LogP contribution in [0.15, 0.2) is 18.5 Å². The minimum absolute atomic E-state index is 0.0538. The number of halogens is 2. The number of alkyl halides is 2. The topological polar surface area (TPSA) is 61.0 Å². The van der Waals surface area contributed by atoms with E-state index in [9.17, 15) is 18.9 Å². The Bertz CT molecular complexity index is 565. The summed E-state index contributed by atoms with van der Waals surface area (Å²) in [5.74, 6) is 0. The number of fused-ring (bicyclic) bond motifs is 1. The molecular weight excluding hydrogens is 220 g/mol. The first-order chi connectivity index (χ1) is 7.50. The van der Waals surface area contributed by atoms with Crippen molar-refractivity contribution in [2.24, 2.45) is 0 Å². The molecule has 2 aromatic rings. The van der Waals surface area contributed by atoms with Gasteiger partial charge in [-0.1, -0.05) is 0 Å². The van der Waals surface area contributed by atoms with Gasteiger partial charge in [0.2, 0.25) is 0 Å². The number of nitro groups is 1. The van der Waals surface area contributed by atoms with E-state index in [1.54, 1.807) is 6.92 Å². The molecule has 0 fully saturated rings. The molecule has 0 atom stereocenters. The predicted molar refractivity (Wildman–Crippen MR) is 52.4 cm³/mol. The van der Waals surface area contributed by atoms with Crippen LogP contribution >= 0.6 is 0 Å². The van der Waals surface area contributed by atoms with Crippen molar-refractivity contribution in [3.05, 3.63) is 34.1 Å². The molecule has 7 heteroatoms. The number of nitrogens with zero attached hydrogens (tertiary/aromatic N) is 3. The van der Waals surface area contributed by atoms with Crippen molar-refractivity contribution in [3.63, 3.8) is 0 Å². The Balaban J connectivity index is 2.71. The van der Waals surface area contributed by atoms with Gasteiger partial charge in [0.25, 0.3) is 5.69 Å². The third-order valence-electron chi connectivity index (χ3n) is 2.28. The van der Waals surface area contributed by atoms with Gasteiger partial charge in [-0.05, 0) is 12.5 Å². The lowest BCUT2D eigenvalue weighted by Gasteiger charge is -2.00. The molecule has 0 spiro atoms. The number of aryl methyl sites for hydroxylation is 1. The second kappa shape index (κ2) is 3.51. The smallest absolute Gasteiger partial charge is 0.275 e. The highest BCUT2D eigenvalue weighted by Crippen LogP contribution is 2.26. The maximum atomic E-state index is 12.6. The first kappa shape index (κ1) is 10.5. The van der Waals surface area contributed by atoms with Crippen molar-refractivity contribution in [2.75, 3.05) is 0 Å². The number of rotatable bonds is 2. The monoisotopic (exact) mass is 227 g/mol. The normalized spacial score (nSPS) is 11.2. The van der Waals surface area contributed by atoms with Gasteiger partial charge in [-0.3, -0.25) is 14.7 Å². The summed E-state index contributed by atoms with van der Waals surface area (Å²) in [4.78, 5) is 13.6. The Morgan fingerprint density at radius 1 is 1.56 bits per heavy atom. The fourth-order valence-corrected chi connectivity index (χ4v) is 1.53. The first-order valence-electron chi connectivity index (χ1n) is 4.40. The van der Waals surface area contributed by atoms with Crippen LogP contribution in [0.3, 0.4) is 0 Å². The lowest BCUT2D eigenvalue weighted by atomic mass is 10.2. The molecule has 0 unspecified atom stereocenters. The van der Waals surface area contributed by atoms with Gasteiger partial charge in [0.05, 0.1) is 4.92 Å². The van der Waals surface area contributed by atoms with E-state index in [2.05, 4.69) is 4.98 Å². The highest BCUT2D eigenvalue weighted by molar-refractivity contribution is 5.82. The summed E-state index contributed by atoms with van der Waals surface area (Å²) in [6, 6.07) is 1.25. The minimum atomic E-state index is -2.70. The zero-order chi connectivity index (χ0) is 11.9. The van der Waals surface area contributed by atoms with Crippen molar-refractivity contribution >= 4 is 16.7 Å². The Morgan fingerprint density at radius 2 is 2.25 bits per heavy atom. The second-order valence-electron chi connectivity index (χ2n) is 3.32. The van der Waals surface area contributed by atoms with Crippen LogP contribution in [0.25, 0.3) is 11.0 Å². The van der Waals surface area contributed by atoms with E-state index >= 15 is 0 Å².